The van der Waals surface area contributed by atoms with Crippen LogP contribution in [0.5, 0.6) is 0 Å². The van der Waals surface area contributed by atoms with Gasteiger partial charge in [-0.2, -0.15) is 0 Å². The lowest BCUT2D eigenvalue weighted by Gasteiger charge is -2.32. The maximum absolute atomic E-state index is 10.2. The molecule has 1 unspecified atom stereocenters. The topological polar surface area (TPSA) is 29.5 Å². The third-order valence-corrected chi connectivity index (χ3v) is 1.64. The highest BCUT2D eigenvalue weighted by Gasteiger charge is 2.27. The second-order valence-corrected chi connectivity index (χ2v) is 4.22. The van der Waals surface area contributed by atoms with Crippen molar-refractivity contribution in [2.75, 3.05) is 14.1 Å². The third kappa shape index (κ3) is 3.80. The van der Waals surface area contributed by atoms with Crippen molar-refractivity contribution in [1.29, 1.82) is 0 Å². The van der Waals surface area contributed by atoms with E-state index in [4.69, 9.17) is 4.52 Å². The van der Waals surface area contributed by atoms with E-state index in [1.807, 2.05) is 39.8 Å². The molecule has 1 atom stereocenters. The van der Waals surface area contributed by atoms with Gasteiger partial charge in [0.25, 0.3) is 0 Å². The molecule has 66 valence electrons. The summed E-state index contributed by atoms with van der Waals surface area (Å²) < 4.78 is 15.2. The molecule has 0 N–H and O–H groups in total. The van der Waals surface area contributed by atoms with Crippen LogP contribution in [0.2, 0.25) is 0 Å². The molecule has 0 aromatic carbocycles. The van der Waals surface area contributed by atoms with E-state index >= 15 is 0 Å². The van der Waals surface area contributed by atoms with Crippen LogP contribution in [0.15, 0.2) is 0 Å². The number of hydrogen-bond donors (Lipinski definition) is 0. The summed E-state index contributed by atoms with van der Waals surface area (Å²) in [4.78, 5) is 1.91. The molecule has 0 spiro atoms. The smallest absolute Gasteiger partial charge is 0.283 e. The zero-order valence-corrected chi connectivity index (χ0v) is 8.68. The minimum atomic E-state index is -0.257. The highest BCUT2D eigenvalue weighted by Crippen LogP contribution is 2.26. The average Bonchev–Trinajstić information content (AvgIpc) is 1.79. The first-order valence-corrected chi connectivity index (χ1v) is 4.27. The maximum Gasteiger partial charge on any atom is 0.328 e. The van der Waals surface area contributed by atoms with Crippen molar-refractivity contribution in [3.05, 3.63) is 0 Å². The van der Waals surface area contributed by atoms with Gasteiger partial charge in [0.2, 0.25) is 0 Å². The van der Waals surface area contributed by atoms with Crippen LogP contribution in [0.4, 0.5) is 0 Å². The molecule has 0 rings (SSSR count). The lowest BCUT2D eigenvalue weighted by molar-refractivity contribution is -0.0135. The molecule has 0 bridgehead atoms. The predicted octanol–water partition coefficient (Wildman–Crippen LogP) is 2.14. The lowest BCUT2D eigenvalue weighted by atomic mass is 9.94. The molecule has 3 nitrogen and oxygen atoms in total. The summed E-state index contributed by atoms with van der Waals surface area (Å²) in [6, 6.07) is 0. The Morgan fingerprint density at radius 2 is 1.82 bits per heavy atom. The van der Waals surface area contributed by atoms with E-state index < -0.39 is 0 Å². The summed E-state index contributed by atoms with van der Waals surface area (Å²) in [6.07, 6.45) is -0.110. The van der Waals surface area contributed by atoms with Crippen molar-refractivity contribution < 1.29 is 9.09 Å². The molecule has 0 saturated carbocycles. The molecule has 0 radical (unpaired) electrons. The summed E-state index contributed by atoms with van der Waals surface area (Å²) >= 11 is 0. The first-order chi connectivity index (χ1) is 4.89. The van der Waals surface area contributed by atoms with Crippen molar-refractivity contribution in [2.45, 2.75) is 27.0 Å². The number of rotatable bonds is 3. The molecule has 0 aliphatic rings. The Morgan fingerprint density at radius 3 is 1.91 bits per heavy atom. The lowest BCUT2D eigenvalue weighted by Crippen LogP contribution is -2.39. The molecule has 0 fully saturated rings. The molecule has 0 amide bonds. The Kier molecular flexibility index (Phi) is 4.16. The zero-order chi connectivity index (χ0) is 9.07. The van der Waals surface area contributed by atoms with Gasteiger partial charge in [0.05, 0.1) is 0 Å². The Hall–Kier alpha value is 0.0200. The Bertz CT molecular complexity index is 131. The molecule has 0 heterocycles. The van der Waals surface area contributed by atoms with Gasteiger partial charge in [-0.05, 0) is 14.1 Å². The first-order valence-electron chi connectivity index (χ1n) is 3.54. The van der Waals surface area contributed by atoms with E-state index in [1.165, 1.54) is 0 Å². The van der Waals surface area contributed by atoms with E-state index in [0.717, 1.165) is 0 Å². The minimum absolute atomic E-state index is 0.0130. The van der Waals surface area contributed by atoms with Gasteiger partial charge in [-0.15, -0.1) is 0 Å². The van der Waals surface area contributed by atoms with Gasteiger partial charge in [0.1, 0.15) is 6.23 Å². The molecular formula is C7H16NO2P. The average molecular weight is 177 g/mol. The van der Waals surface area contributed by atoms with Gasteiger partial charge in [-0.1, -0.05) is 20.8 Å². The van der Waals surface area contributed by atoms with Gasteiger partial charge in [-0.3, -0.25) is 9.42 Å². The summed E-state index contributed by atoms with van der Waals surface area (Å²) in [5.74, 6) is 0. The Labute approximate surface area is 70.0 Å². The van der Waals surface area contributed by atoms with Gasteiger partial charge < -0.3 is 0 Å². The van der Waals surface area contributed by atoms with Gasteiger partial charge in [0.15, 0.2) is 0 Å². The van der Waals surface area contributed by atoms with E-state index in [2.05, 4.69) is 0 Å². The monoisotopic (exact) mass is 177 g/mol. The fraction of sp³-hybridized carbons (Fsp3) is 1.00. The van der Waals surface area contributed by atoms with Crippen LogP contribution >= 0.6 is 8.69 Å². The molecule has 0 saturated heterocycles. The SMILES string of the molecule is CN(C)C(OP=O)C(C)(C)C. The molecular weight excluding hydrogens is 161 g/mol. The van der Waals surface area contributed by atoms with Crippen LogP contribution in [-0.4, -0.2) is 25.2 Å². The predicted molar refractivity (Wildman–Crippen MR) is 45.6 cm³/mol. The Balaban J connectivity index is 4.21. The molecule has 11 heavy (non-hydrogen) atoms. The fourth-order valence-electron chi connectivity index (χ4n) is 1.07. The molecule has 4 heteroatoms. The van der Waals surface area contributed by atoms with Crippen molar-refractivity contribution in [2.24, 2.45) is 5.41 Å². The van der Waals surface area contributed by atoms with Crippen LogP contribution in [0.25, 0.3) is 0 Å². The number of hydrogen-bond acceptors (Lipinski definition) is 3. The Morgan fingerprint density at radius 1 is 1.36 bits per heavy atom. The number of nitrogens with zero attached hydrogens (tertiary/aromatic N) is 1. The summed E-state index contributed by atoms with van der Waals surface area (Å²) in [7, 11) is 3.55. The van der Waals surface area contributed by atoms with Crippen molar-refractivity contribution in [3.63, 3.8) is 0 Å². The van der Waals surface area contributed by atoms with Gasteiger partial charge in [-0.25, -0.2) is 4.57 Å². The largest absolute Gasteiger partial charge is 0.328 e. The molecule has 0 aromatic heterocycles. The standard InChI is InChI=1S/C7H16NO2P/c1-7(2,3)6(8(4)5)10-11-9/h6H,1-5H3. The van der Waals surface area contributed by atoms with E-state index in [1.54, 1.807) is 0 Å². The quantitative estimate of drug-likeness (QED) is 0.488. The van der Waals surface area contributed by atoms with Crippen LogP contribution in [-0.2, 0) is 9.09 Å². The summed E-state index contributed by atoms with van der Waals surface area (Å²) in [5, 5.41) is 0. The van der Waals surface area contributed by atoms with Crippen LogP contribution < -0.4 is 0 Å². The zero-order valence-electron chi connectivity index (χ0n) is 7.79. The highest BCUT2D eigenvalue weighted by atomic mass is 31.1. The van der Waals surface area contributed by atoms with Crippen LogP contribution in [0.3, 0.4) is 0 Å². The second-order valence-electron chi connectivity index (χ2n) is 3.86. The maximum atomic E-state index is 10.2. The molecule has 0 aliphatic heterocycles. The van der Waals surface area contributed by atoms with Crippen LogP contribution in [0.1, 0.15) is 20.8 Å². The second kappa shape index (κ2) is 4.15. The molecule has 0 aliphatic carbocycles. The van der Waals surface area contributed by atoms with Gasteiger partial charge in [0, 0.05) is 5.41 Å². The van der Waals surface area contributed by atoms with Crippen molar-refractivity contribution >= 4 is 8.69 Å². The molecule has 0 aromatic rings. The van der Waals surface area contributed by atoms with E-state index in [9.17, 15) is 4.57 Å². The third-order valence-electron chi connectivity index (χ3n) is 1.35. The van der Waals surface area contributed by atoms with Crippen molar-refractivity contribution in [3.8, 4) is 0 Å². The van der Waals surface area contributed by atoms with Crippen LogP contribution in [0, 0.1) is 5.41 Å². The normalized spacial score (nSPS) is 15.8. The minimum Gasteiger partial charge on any atom is -0.283 e. The first kappa shape index (κ1) is 11.0. The van der Waals surface area contributed by atoms with E-state index in [0.29, 0.717) is 0 Å². The van der Waals surface area contributed by atoms with Crippen molar-refractivity contribution in [1.82, 2.24) is 4.90 Å². The van der Waals surface area contributed by atoms with E-state index in [-0.39, 0.29) is 20.3 Å². The summed E-state index contributed by atoms with van der Waals surface area (Å²) in [6.45, 7) is 6.13. The fourth-order valence-corrected chi connectivity index (χ4v) is 1.65. The highest BCUT2D eigenvalue weighted by molar-refractivity contribution is 7.17. The van der Waals surface area contributed by atoms with Gasteiger partial charge >= 0.3 is 8.69 Å². The summed E-state index contributed by atoms with van der Waals surface area (Å²) in [5.41, 5.74) is -0.0130.